The third-order valence-electron chi connectivity index (χ3n) is 2.61. The molecular formula is C11H15ClN2O. The van der Waals surface area contributed by atoms with Gasteiger partial charge < -0.3 is 5.32 Å². The van der Waals surface area contributed by atoms with Crippen LogP contribution in [0.15, 0.2) is 24.3 Å². The van der Waals surface area contributed by atoms with Crippen molar-refractivity contribution < 1.29 is 4.79 Å². The molecule has 3 nitrogen and oxygen atoms in total. The lowest BCUT2D eigenvalue weighted by molar-refractivity contribution is 0.112. The van der Waals surface area contributed by atoms with Crippen molar-refractivity contribution in [1.29, 1.82) is 0 Å². The van der Waals surface area contributed by atoms with Crippen LogP contribution >= 0.6 is 12.4 Å². The molecule has 1 fully saturated rings. The van der Waals surface area contributed by atoms with Gasteiger partial charge in [0.1, 0.15) is 6.29 Å². The molecule has 1 aliphatic heterocycles. The molecule has 1 heterocycles. The van der Waals surface area contributed by atoms with Gasteiger partial charge in [-0.15, -0.1) is 12.4 Å². The molecule has 0 saturated carbocycles. The number of benzene rings is 1. The molecule has 1 saturated heterocycles. The van der Waals surface area contributed by atoms with E-state index in [1.165, 1.54) is 0 Å². The van der Waals surface area contributed by atoms with Gasteiger partial charge in [0.25, 0.3) is 0 Å². The van der Waals surface area contributed by atoms with Crippen LogP contribution in [-0.2, 0) is 0 Å². The van der Waals surface area contributed by atoms with Crippen molar-refractivity contribution >= 4 is 24.4 Å². The van der Waals surface area contributed by atoms with Crippen LogP contribution in [0.5, 0.6) is 0 Å². The van der Waals surface area contributed by atoms with Gasteiger partial charge in [0, 0.05) is 17.8 Å². The fraction of sp³-hybridized carbons (Fsp3) is 0.364. The van der Waals surface area contributed by atoms with E-state index in [-0.39, 0.29) is 18.1 Å². The highest BCUT2D eigenvalue weighted by atomic mass is 35.5. The maximum Gasteiger partial charge on any atom is 0.150 e. The third-order valence-corrected chi connectivity index (χ3v) is 2.61. The van der Waals surface area contributed by atoms with Crippen LogP contribution < -0.4 is 10.6 Å². The zero-order valence-electron chi connectivity index (χ0n) is 8.62. The summed E-state index contributed by atoms with van der Waals surface area (Å²) in [4.78, 5) is 10.4. The van der Waals surface area contributed by atoms with Gasteiger partial charge in [-0.1, -0.05) is 0 Å². The number of hydrogen-bond acceptors (Lipinski definition) is 3. The van der Waals surface area contributed by atoms with Crippen LogP contribution in [0.3, 0.4) is 0 Å². The van der Waals surface area contributed by atoms with Gasteiger partial charge in [-0.25, -0.2) is 0 Å². The highest BCUT2D eigenvalue weighted by Gasteiger charge is 2.30. The van der Waals surface area contributed by atoms with Crippen molar-refractivity contribution in [2.24, 2.45) is 0 Å². The topological polar surface area (TPSA) is 41.1 Å². The summed E-state index contributed by atoms with van der Waals surface area (Å²) in [7, 11) is 0. The van der Waals surface area contributed by atoms with E-state index in [9.17, 15) is 4.79 Å². The molecular weight excluding hydrogens is 212 g/mol. The quantitative estimate of drug-likeness (QED) is 0.776. The lowest BCUT2D eigenvalue weighted by Gasteiger charge is -2.41. The zero-order chi connectivity index (χ0) is 10.0. The molecule has 2 N–H and O–H groups in total. The first kappa shape index (κ1) is 12.0. The Morgan fingerprint density at radius 1 is 1.40 bits per heavy atom. The second kappa shape index (κ2) is 4.64. The average Bonchev–Trinajstić information content (AvgIpc) is 2.17. The van der Waals surface area contributed by atoms with Gasteiger partial charge in [-0.3, -0.25) is 10.1 Å². The summed E-state index contributed by atoms with van der Waals surface area (Å²) < 4.78 is 0. The Morgan fingerprint density at radius 2 is 2.00 bits per heavy atom. The van der Waals surface area contributed by atoms with Gasteiger partial charge in [-0.05, 0) is 37.6 Å². The first-order valence-electron chi connectivity index (χ1n) is 4.80. The monoisotopic (exact) mass is 226 g/mol. The minimum atomic E-state index is 0. The summed E-state index contributed by atoms with van der Waals surface area (Å²) in [5, 5.41) is 6.70. The van der Waals surface area contributed by atoms with Crippen LogP contribution in [0.1, 0.15) is 23.7 Å². The number of halogens is 1. The van der Waals surface area contributed by atoms with Crippen molar-refractivity contribution in [2.45, 2.75) is 19.0 Å². The molecule has 0 spiro atoms. The van der Waals surface area contributed by atoms with Crippen molar-refractivity contribution in [3.05, 3.63) is 29.8 Å². The smallest absolute Gasteiger partial charge is 0.150 e. The molecule has 0 aromatic heterocycles. The Bertz CT molecular complexity index is 333. The van der Waals surface area contributed by atoms with Crippen LogP contribution in [0.4, 0.5) is 5.69 Å². The maximum absolute atomic E-state index is 10.4. The van der Waals surface area contributed by atoms with E-state index in [2.05, 4.69) is 17.6 Å². The molecule has 4 heteroatoms. The molecule has 1 aromatic carbocycles. The first-order chi connectivity index (χ1) is 6.72. The minimum absolute atomic E-state index is 0. The highest BCUT2D eigenvalue weighted by Crippen LogP contribution is 2.21. The van der Waals surface area contributed by atoms with Gasteiger partial charge >= 0.3 is 0 Å². The molecule has 1 aromatic rings. The lowest BCUT2D eigenvalue weighted by Crippen LogP contribution is -2.59. The molecule has 1 atom stereocenters. The Hall–Kier alpha value is -1.06. The SMILES string of the molecule is C[C@]1(Nc2ccc(C=O)cc2)CCN1.Cl. The summed E-state index contributed by atoms with van der Waals surface area (Å²) >= 11 is 0. The van der Waals surface area contributed by atoms with Crippen molar-refractivity contribution in [2.75, 3.05) is 11.9 Å². The molecule has 1 aliphatic rings. The molecule has 0 bridgehead atoms. The third kappa shape index (κ3) is 2.70. The van der Waals surface area contributed by atoms with E-state index in [4.69, 9.17) is 0 Å². The van der Waals surface area contributed by atoms with Gasteiger partial charge in [0.2, 0.25) is 0 Å². The number of hydrogen-bond donors (Lipinski definition) is 2. The van der Waals surface area contributed by atoms with Crippen molar-refractivity contribution in [1.82, 2.24) is 5.32 Å². The zero-order valence-corrected chi connectivity index (χ0v) is 9.43. The fourth-order valence-electron chi connectivity index (χ4n) is 1.57. The minimum Gasteiger partial charge on any atom is -0.367 e. The molecule has 2 rings (SSSR count). The van der Waals surface area contributed by atoms with Gasteiger partial charge in [0.05, 0.1) is 5.66 Å². The highest BCUT2D eigenvalue weighted by molar-refractivity contribution is 5.85. The van der Waals surface area contributed by atoms with Crippen molar-refractivity contribution in [3.63, 3.8) is 0 Å². The molecule has 82 valence electrons. The van der Waals surface area contributed by atoms with E-state index in [1.54, 1.807) is 0 Å². The summed E-state index contributed by atoms with van der Waals surface area (Å²) in [6.45, 7) is 3.19. The van der Waals surface area contributed by atoms with Crippen LogP contribution in [-0.4, -0.2) is 18.5 Å². The van der Waals surface area contributed by atoms with E-state index >= 15 is 0 Å². The number of anilines is 1. The fourth-order valence-corrected chi connectivity index (χ4v) is 1.57. The van der Waals surface area contributed by atoms with Gasteiger partial charge in [-0.2, -0.15) is 0 Å². The first-order valence-corrected chi connectivity index (χ1v) is 4.80. The van der Waals surface area contributed by atoms with Crippen LogP contribution in [0, 0.1) is 0 Å². The lowest BCUT2D eigenvalue weighted by atomic mass is 10.0. The maximum atomic E-state index is 10.4. The summed E-state index contributed by atoms with van der Waals surface area (Å²) in [5.74, 6) is 0. The van der Waals surface area contributed by atoms with Crippen molar-refractivity contribution in [3.8, 4) is 0 Å². The number of carbonyl (C=O) groups is 1. The largest absolute Gasteiger partial charge is 0.367 e. The Morgan fingerprint density at radius 3 is 2.40 bits per heavy atom. The average molecular weight is 227 g/mol. The number of nitrogens with one attached hydrogen (secondary N) is 2. The Labute approximate surface area is 95.7 Å². The summed E-state index contributed by atoms with van der Waals surface area (Å²) in [6, 6.07) is 7.48. The van der Waals surface area contributed by atoms with E-state index < -0.39 is 0 Å². The van der Waals surface area contributed by atoms with Gasteiger partial charge in [0.15, 0.2) is 0 Å². The normalized spacial score (nSPS) is 23.5. The molecule has 0 amide bonds. The molecule has 15 heavy (non-hydrogen) atoms. The summed E-state index contributed by atoms with van der Waals surface area (Å²) in [5.41, 5.74) is 1.79. The molecule has 0 unspecified atom stereocenters. The molecule has 0 radical (unpaired) electrons. The van der Waals surface area contributed by atoms with Crippen LogP contribution in [0.2, 0.25) is 0 Å². The predicted octanol–water partition coefficient (Wildman–Crippen LogP) is 2.04. The van der Waals surface area contributed by atoms with Crippen LogP contribution in [0.25, 0.3) is 0 Å². The van der Waals surface area contributed by atoms with E-state index in [0.717, 1.165) is 24.9 Å². The number of aldehydes is 1. The molecule has 0 aliphatic carbocycles. The number of carbonyl (C=O) groups excluding carboxylic acids is 1. The second-order valence-corrected chi connectivity index (χ2v) is 3.87. The second-order valence-electron chi connectivity index (χ2n) is 3.87. The van der Waals surface area contributed by atoms with E-state index in [1.807, 2.05) is 24.3 Å². The predicted molar refractivity (Wildman–Crippen MR) is 63.7 cm³/mol. The Kier molecular flexibility index (Phi) is 3.72. The number of rotatable bonds is 3. The summed E-state index contributed by atoms with van der Waals surface area (Å²) in [6.07, 6.45) is 1.98. The standard InChI is InChI=1S/C11H14N2O.ClH/c1-11(6-7-12-11)13-10-4-2-9(8-14)3-5-10;/h2-5,8,12-13H,6-7H2,1H3;1H/t11-;/m0./s1. The Balaban J connectivity index is 0.00000112. The van der Waals surface area contributed by atoms with E-state index in [0.29, 0.717) is 5.56 Å².